The predicted molar refractivity (Wildman–Crippen MR) is 76.3 cm³/mol. The Labute approximate surface area is 114 Å². The number of nitrogens with two attached hydrogens (primary N) is 1. The molecule has 1 aliphatic rings. The van der Waals surface area contributed by atoms with E-state index in [1.165, 1.54) is 29.5 Å². The lowest BCUT2D eigenvalue weighted by Crippen LogP contribution is -2.38. The molecule has 0 bridgehead atoms. The summed E-state index contributed by atoms with van der Waals surface area (Å²) < 4.78 is 0. The molecule has 1 aliphatic carbocycles. The van der Waals surface area contributed by atoms with Gasteiger partial charge in [0.1, 0.15) is 6.04 Å². The number of aliphatic carboxylic acids is 1. The van der Waals surface area contributed by atoms with Crippen LogP contribution in [0.3, 0.4) is 0 Å². The number of carbonyl (C=O) groups is 1. The third-order valence-electron chi connectivity index (χ3n) is 4.45. The maximum atomic E-state index is 11.1. The van der Waals surface area contributed by atoms with E-state index in [9.17, 15) is 4.79 Å². The Balaban J connectivity index is 2.38. The Bertz CT molecular complexity index is 476. The average Bonchev–Trinajstić information content (AvgIpc) is 2.81. The van der Waals surface area contributed by atoms with E-state index in [-0.39, 0.29) is 5.41 Å². The summed E-state index contributed by atoms with van der Waals surface area (Å²) in [6.45, 7) is 4.20. The van der Waals surface area contributed by atoms with E-state index in [2.05, 4.69) is 32.0 Å². The van der Waals surface area contributed by atoms with Gasteiger partial charge in [0.05, 0.1) is 0 Å². The predicted octanol–water partition coefficient (Wildman–Crippen LogP) is 2.92. The Morgan fingerprint density at radius 3 is 2.58 bits per heavy atom. The molecule has 1 aromatic rings. The minimum absolute atomic E-state index is 0.0338. The number of hydrogen-bond donors (Lipinski definition) is 2. The molecule has 1 unspecified atom stereocenters. The summed E-state index contributed by atoms with van der Waals surface area (Å²) in [4.78, 5) is 11.1. The van der Waals surface area contributed by atoms with Gasteiger partial charge in [-0.3, -0.25) is 4.79 Å². The van der Waals surface area contributed by atoms with Gasteiger partial charge in [-0.05, 0) is 49.7 Å². The van der Waals surface area contributed by atoms with Crippen LogP contribution in [-0.4, -0.2) is 17.1 Å². The smallest absolute Gasteiger partial charge is 0.320 e. The van der Waals surface area contributed by atoms with Crippen LogP contribution in [0, 0.1) is 13.8 Å². The van der Waals surface area contributed by atoms with Crippen molar-refractivity contribution in [2.45, 2.75) is 57.4 Å². The molecule has 0 amide bonds. The van der Waals surface area contributed by atoms with Crippen LogP contribution < -0.4 is 5.73 Å². The van der Waals surface area contributed by atoms with Gasteiger partial charge in [0.25, 0.3) is 0 Å². The molecule has 0 saturated heterocycles. The van der Waals surface area contributed by atoms with Gasteiger partial charge in [-0.1, -0.05) is 36.6 Å². The molecule has 19 heavy (non-hydrogen) atoms. The number of hydrogen-bond acceptors (Lipinski definition) is 2. The van der Waals surface area contributed by atoms with Crippen molar-refractivity contribution in [3.05, 3.63) is 34.9 Å². The highest BCUT2D eigenvalue weighted by molar-refractivity contribution is 5.73. The zero-order chi connectivity index (χ0) is 14.0. The van der Waals surface area contributed by atoms with Crippen molar-refractivity contribution in [2.24, 2.45) is 5.73 Å². The van der Waals surface area contributed by atoms with Gasteiger partial charge in [-0.2, -0.15) is 0 Å². The van der Waals surface area contributed by atoms with Crippen molar-refractivity contribution in [1.29, 1.82) is 0 Å². The minimum atomic E-state index is -0.892. The molecule has 1 fully saturated rings. The Morgan fingerprint density at radius 2 is 2.00 bits per heavy atom. The maximum absolute atomic E-state index is 11.1. The first-order valence-electron chi connectivity index (χ1n) is 7.01. The highest BCUT2D eigenvalue weighted by atomic mass is 16.4. The van der Waals surface area contributed by atoms with Crippen LogP contribution in [0.5, 0.6) is 0 Å². The SMILES string of the molecule is Cc1ccc(C)c(C2(CC(N)C(=O)O)CCCC2)c1. The van der Waals surface area contributed by atoms with E-state index in [0.717, 1.165) is 12.8 Å². The third-order valence-corrected chi connectivity index (χ3v) is 4.45. The summed E-state index contributed by atoms with van der Waals surface area (Å²) in [5.41, 5.74) is 9.57. The van der Waals surface area contributed by atoms with E-state index in [1.54, 1.807) is 0 Å². The molecule has 3 heteroatoms. The average molecular weight is 261 g/mol. The monoisotopic (exact) mass is 261 g/mol. The zero-order valence-corrected chi connectivity index (χ0v) is 11.8. The van der Waals surface area contributed by atoms with Gasteiger partial charge in [-0.25, -0.2) is 0 Å². The number of rotatable bonds is 4. The summed E-state index contributed by atoms with van der Waals surface area (Å²) in [5.74, 6) is -0.892. The second-order valence-corrected chi connectivity index (χ2v) is 5.95. The molecular weight excluding hydrogens is 238 g/mol. The van der Waals surface area contributed by atoms with E-state index < -0.39 is 12.0 Å². The Hall–Kier alpha value is -1.35. The molecule has 2 rings (SSSR count). The van der Waals surface area contributed by atoms with Crippen LogP contribution in [-0.2, 0) is 10.2 Å². The summed E-state index contributed by atoms with van der Waals surface area (Å²) in [5, 5.41) is 9.10. The first-order valence-corrected chi connectivity index (χ1v) is 7.01. The Kier molecular flexibility index (Phi) is 3.95. The third kappa shape index (κ3) is 2.81. The summed E-state index contributed by atoms with van der Waals surface area (Å²) in [6, 6.07) is 5.70. The van der Waals surface area contributed by atoms with Crippen molar-refractivity contribution in [3.63, 3.8) is 0 Å². The fourth-order valence-corrected chi connectivity index (χ4v) is 3.45. The van der Waals surface area contributed by atoms with Crippen molar-refractivity contribution in [1.82, 2.24) is 0 Å². The largest absolute Gasteiger partial charge is 0.480 e. The molecule has 0 spiro atoms. The lowest BCUT2D eigenvalue weighted by atomic mass is 9.72. The highest BCUT2D eigenvalue weighted by Crippen LogP contribution is 2.45. The Morgan fingerprint density at radius 1 is 1.37 bits per heavy atom. The number of aryl methyl sites for hydroxylation is 2. The number of carboxylic acid groups (broad SMARTS) is 1. The minimum Gasteiger partial charge on any atom is -0.480 e. The highest BCUT2D eigenvalue weighted by Gasteiger charge is 2.39. The number of benzene rings is 1. The van der Waals surface area contributed by atoms with Crippen LogP contribution in [0.15, 0.2) is 18.2 Å². The molecule has 104 valence electrons. The first kappa shape index (κ1) is 14.1. The molecule has 0 aromatic heterocycles. The fourth-order valence-electron chi connectivity index (χ4n) is 3.45. The second kappa shape index (κ2) is 5.33. The lowest BCUT2D eigenvalue weighted by Gasteiger charge is -2.33. The van der Waals surface area contributed by atoms with Crippen molar-refractivity contribution < 1.29 is 9.90 Å². The fraction of sp³-hybridized carbons (Fsp3) is 0.562. The second-order valence-electron chi connectivity index (χ2n) is 5.95. The van der Waals surface area contributed by atoms with Crippen LogP contribution in [0.2, 0.25) is 0 Å². The standard InChI is InChI=1S/C16H23NO2/c1-11-5-6-12(2)13(9-11)16(7-3-4-8-16)10-14(17)15(18)19/h5-6,9,14H,3-4,7-8,10,17H2,1-2H3,(H,18,19). The molecular formula is C16H23NO2. The van der Waals surface area contributed by atoms with Gasteiger partial charge in [-0.15, -0.1) is 0 Å². The van der Waals surface area contributed by atoms with Crippen LogP contribution >= 0.6 is 0 Å². The molecule has 3 nitrogen and oxygen atoms in total. The van der Waals surface area contributed by atoms with Crippen LogP contribution in [0.25, 0.3) is 0 Å². The van der Waals surface area contributed by atoms with Crippen molar-refractivity contribution in [3.8, 4) is 0 Å². The molecule has 1 saturated carbocycles. The van der Waals surface area contributed by atoms with Gasteiger partial charge in [0, 0.05) is 0 Å². The van der Waals surface area contributed by atoms with Crippen LogP contribution in [0.1, 0.15) is 48.8 Å². The van der Waals surface area contributed by atoms with Gasteiger partial charge < -0.3 is 10.8 Å². The van der Waals surface area contributed by atoms with Crippen LogP contribution in [0.4, 0.5) is 0 Å². The lowest BCUT2D eigenvalue weighted by molar-refractivity contribution is -0.139. The maximum Gasteiger partial charge on any atom is 0.320 e. The van der Waals surface area contributed by atoms with Gasteiger partial charge in [0.2, 0.25) is 0 Å². The topological polar surface area (TPSA) is 63.3 Å². The molecule has 1 atom stereocenters. The molecule has 0 radical (unpaired) electrons. The first-order chi connectivity index (χ1) is 8.94. The molecule has 0 aliphatic heterocycles. The zero-order valence-electron chi connectivity index (χ0n) is 11.8. The summed E-state index contributed by atoms with van der Waals surface area (Å²) >= 11 is 0. The number of carboxylic acids is 1. The summed E-state index contributed by atoms with van der Waals surface area (Å²) in [6.07, 6.45) is 4.99. The quantitative estimate of drug-likeness (QED) is 0.876. The molecule has 1 aromatic carbocycles. The normalized spacial score (nSPS) is 19.3. The van der Waals surface area contributed by atoms with E-state index in [0.29, 0.717) is 6.42 Å². The van der Waals surface area contributed by atoms with E-state index in [1.807, 2.05) is 0 Å². The van der Waals surface area contributed by atoms with Gasteiger partial charge >= 0.3 is 5.97 Å². The van der Waals surface area contributed by atoms with Gasteiger partial charge in [0.15, 0.2) is 0 Å². The summed E-state index contributed by atoms with van der Waals surface area (Å²) in [7, 11) is 0. The molecule has 0 heterocycles. The van der Waals surface area contributed by atoms with Crippen molar-refractivity contribution in [2.75, 3.05) is 0 Å². The molecule has 3 N–H and O–H groups in total. The van der Waals surface area contributed by atoms with E-state index >= 15 is 0 Å². The van der Waals surface area contributed by atoms with Crippen molar-refractivity contribution >= 4 is 5.97 Å². The van der Waals surface area contributed by atoms with E-state index in [4.69, 9.17) is 10.8 Å².